The van der Waals surface area contributed by atoms with Gasteiger partial charge in [-0.3, -0.25) is 0 Å². The summed E-state index contributed by atoms with van der Waals surface area (Å²) in [6.07, 6.45) is 0. The summed E-state index contributed by atoms with van der Waals surface area (Å²) in [6, 6.07) is 7.14. The van der Waals surface area contributed by atoms with Crippen molar-refractivity contribution >= 4 is 17.3 Å². The molecule has 1 unspecified atom stereocenters. The second kappa shape index (κ2) is 5.01. The summed E-state index contributed by atoms with van der Waals surface area (Å²) in [5.41, 5.74) is 1.35. The van der Waals surface area contributed by atoms with Gasteiger partial charge in [0.1, 0.15) is 0 Å². The highest BCUT2D eigenvalue weighted by Crippen LogP contribution is 2.26. The molecule has 0 aliphatic rings. The first kappa shape index (κ1) is 11.8. The number of likely N-dealkylation sites (N-methyl/N-ethyl adjacent to an activating group) is 1. The highest BCUT2D eigenvalue weighted by Gasteiger charge is 2.12. The molecule has 0 aromatic heterocycles. The van der Waals surface area contributed by atoms with Crippen molar-refractivity contribution in [1.29, 1.82) is 5.26 Å². The monoisotopic (exact) mass is 224 g/mol. The number of anilines is 1. The van der Waals surface area contributed by atoms with Crippen LogP contribution in [0.4, 0.5) is 5.69 Å². The van der Waals surface area contributed by atoms with Gasteiger partial charge in [0.05, 0.1) is 28.9 Å². The lowest BCUT2D eigenvalue weighted by molar-refractivity contribution is 0.270. The van der Waals surface area contributed by atoms with E-state index in [2.05, 4.69) is 0 Å². The number of hydrogen-bond donors (Lipinski definition) is 1. The maximum atomic E-state index is 9.02. The molecule has 1 N–H and O–H groups in total. The van der Waals surface area contributed by atoms with Crippen LogP contribution in [0.5, 0.6) is 0 Å². The van der Waals surface area contributed by atoms with E-state index >= 15 is 0 Å². The molecular formula is C11H13ClN2O. The Morgan fingerprint density at radius 2 is 2.27 bits per heavy atom. The number of aliphatic hydroxyl groups is 1. The minimum atomic E-state index is -0.00423. The first-order chi connectivity index (χ1) is 7.10. The highest BCUT2D eigenvalue weighted by atomic mass is 35.5. The third kappa shape index (κ3) is 2.62. The van der Waals surface area contributed by atoms with Crippen LogP contribution in [-0.4, -0.2) is 24.8 Å². The van der Waals surface area contributed by atoms with Crippen LogP contribution in [0.1, 0.15) is 12.5 Å². The highest BCUT2D eigenvalue weighted by molar-refractivity contribution is 6.33. The Morgan fingerprint density at radius 3 is 2.73 bits per heavy atom. The Kier molecular flexibility index (Phi) is 3.96. The van der Waals surface area contributed by atoms with Crippen molar-refractivity contribution in [2.24, 2.45) is 0 Å². The van der Waals surface area contributed by atoms with Crippen LogP contribution in [0, 0.1) is 11.3 Å². The summed E-state index contributed by atoms with van der Waals surface area (Å²) in [4.78, 5) is 1.88. The molecule has 1 rings (SSSR count). The Balaban J connectivity index is 3.01. The van der Waals surface area contributed by atoms with E-state index in [9.17, 15) is 0 Å². The predicted octanol–water partition coefficient (Wildman–Crippen LogP) is 2.03. The summed E-state index contributed by atoms with van der Waals surface area (Å²) < 4.78 is 0. The second-order valence-corrected chi connectivity index (χ2v) is 3.83. The Bertz CT molecular complexity index is 387. The van der Waals surface area contributed by atoms with E-state index in [1.54, 1.807) is 18.2 Å². The SMILES string of the molecule is CC(CO)N(C)c1ccc(C#N)cc1Cl. The predicted molar refractivity (Wildman–Crippen MR) is 61.1 cm³/mol. The molecule has 0 spiro atoms. The topological polar surface area (TPSA) is 47.3 Å². The van der Waals surface area contributed by atoms with E-state index in [0.29, 0.717) is 10.6 Å². The van der Waals surface area contributed by atoms with Crippen LogP contribution in [-0.2, 0) is 0 Å². The van der Waals surface area contributed by atoms with E-state index in [-0.39, 0.29) is 12.6 Å². The summed E-state index contributed by atoms with van der Waals surface area (Å²) in [5, 5.41) is 18.2. The number of rotatable bonds is 3. The molecule has 1 aromatic rings. The number of benzene rings is 1. The van der Waals surface area contributed by atoms with Crippen LogP contribution in [0.3, 0.4) is 0 Å². The van der Waals surface area contributed by atoms with Crippen molar-refractivity contribution in [2.75, 3.05) is 18.6 Å². The molecule has 3 nitrogen and oxygen atoms in total. The molecule has 0 radical (unpaired) electrons. The number of halogens is 1. The molecule has 0 saturated carbocycles. The second-order valence-electron chi connectivity index (χ2n) is 3.42. The van der Waals surface area contributed by atoms with E-state index in [1.165, 1.54) is 0 Å². The molecule has 1 atom stereocenters. The van der Waals surface area contributed by atoms with E-state index in [1.807, 2.05) is 24.9 Å². The van der Waals surface area contributed by atoms with Crippen molar-refractivity contribution in [3.63, 3.8) is 0 Å². The zero-order valence-corrected chi connectivity index (χ0v) is 9.49. The van der Waals surface area contributed by atoms with Gasteiger partial charge in [-0.05, 0) is 25.1 Å². The molecule has 0 aliphatic carbocycles. The molecule has 0 aliphatic heterocycles. The zero-order chi connectivity index (χ0) is 11.4. The zero-order valence-electron chi connectivity index (χ0n) is 8.74. The van der Waals surface area contributed by atoms with Crippen LogP contribution in [0.2, 0.25) is 5.02 Å². The Labute approximate surface area is 94.5 Å². The third-order valence-corrected chi connectivity index (χ3v) is 2.68. The van der Waals surface area contributed by atoms with Gasteiger partial charge in [0, 0.05) is 13.1 Å². The van der Waals surface area contributed by atoms with Crippen LogP contribution in [0.25, 0.3) is 0 Å². The standard InChI is InChI=1S/C11H13ClN2O/c1-8(7-15)14(2)11-4-3-9(6-13)5-10(11)12/h3-5,8,15H,7H2,1-2H3. The van der Waals surface area contributed by atoms with Crippen molar-refractivity contribution in [1.82, 2.24) is 0 Å². The van der Waals surface area contributed by atoms with Gasteiger partial charge in [-0.25, -0.2) is 0 Å². The fourth-order valence-corrected chi connectivity index (χ4v) is 1.54. The third-order valence-electron chi connectivity index (χ3n) is 2.38. The van der Waals surface area contributed by atoms with Gasteiger partial charge in [-0.15, -0.1) is 0 Å². The van der Waals surface area contributed by atoms with Crippen molar-refractivity contribution in [2.45, 2.75) is 13.0 Å². The number of aliphatic hydroxyl groups excluding tert-OH is 1. The molecule has 0 amide bonds. The van der Waals surface area contributed by atoms with Crippen LogP contribution in [0.15, 0.2) is 18.2 Å². The summed E-state index contributed by atoms with van der Waals surface area (Å²) in [7, 11) is 1.86. The van der Waals surface area contributed by atoms with E-state index in [4.69, 9.17) is 22.0 Å². The molecule has 0 heterocycles. The molecule has 80 valence electrons. The molecular weight excluding hydrogens is 212 g/mol. The van der Waals surface area contributed by atoms with Gasteiger partial charge in [-0.2, -0.15) is 5.26 Å². The number of nitriles is 1. The molecule has 0 bridgehead atoms. The minimum absolute atomic E-state index is 0.00423. The smallest absolute Gasteiger partial charge is 0.0992 e. The summed E-state index contributed by atoms with van der Waals surface area (Å²) >= 11 is 6.03. The van der Waals surface area contributed by atoms with Crippen LogP contribution >= 0.6 is 11.6 Å². The molecule has 0 saturated heterocycles. The first-order valence-electron chi connectivity index (χ1n) is 4.63. The molecule has 0 fully saturated rings. The van der Waals surface area contributed by atoms with Gasteiger partial charge >= 0.3 is 0 Å². The van der Waals surface area contributed by atoms with Gasteiger partial charge in [0.2, 0.25) is 0 Å². The average Bonchev–Trinajstić information content (AvgIpc) is 2.26. The van der Waals surface area contributed by atoms with Crippen molar-refractivity contribution in [3.8, 4) is 6.07 Å². The largest absolute Gasteiger partial charge is 0.394 e. The molecule has 15 heavy (non-hydrogen) atoms. The summed E-state index contributed by atoms with van der Waals surface area (Å²) in [5.74, 6) is 0. The lowest BCUT2D eigenvalue weighted by atomic mass is 10.2. The van der Waals surface area contributed by atoms with Gasteiger partial charge in [0.15, 0.2) is 0 Å². The molecule has 1 aromatic carbocycles. The quantitative estimate of drug-likeness (QED) is 0.855. The Morgan fingerprint density at radius 1 is 1.60 bits per heavy atom. The number of nitrogens with zero attached hydrogens (tertiary/aromatic N) is 2. The Hall–Kier alpha value is -1.24. The fraction of sp³-hybridized carbons (Fsp3) is 0.364. The van der Waals surface area contributed by atoms with Crippen molar-refractivity contribution in [3.05, 3.63) is 28.8 Å². The summed E-state index contributed by atoms with van der Waals surface area (Å²) in [6.45, 7) is 1.96. The number of hydrogen-bond acceptors (Lipinski definition) is 3. The first-order valence-corrected chi connectivity index (χ1v) is 5.01. The molecule has 4 heteroatoms. The van der Waals surface area contributed by atoms with Crippen LogP contribution < -0.4 is 4.90 Å². The lowest BCUT2D eigenvalue weighted by Gasteiger charge is -2.26. The van der Waals surface area contributed by atoms with E-state index in [0.717, 1.165) is 5.69 Å². The van der Waals surface area contributed by atoms with Gasteiger partial charge in [0.25, 0.3) is 0 Å². The maximum Gasteiger partial charge on any atom is 0.0992 e. The van der Waals surface area contributed by atoms with E-state index < -0.39 is 0 Å². The lowest BCUT2D eigenvalue weighted by Crippen LogP contribution is -2.31. The minimum Gasteiger partial charge on any atom is -0.394 e. The van der Waals surface area contributed by atoms with Gasteiger partial charge < -0.3 is 10.0 Å². The van der Waals surface area contributed by atoms with Crippen molar-refractivity contribution < 1.29 is 5.11 Å². The maximum absolute atomic E-state index is 9.02. The van der Waals surface area contributed by atoms with Gasteiger partial charge in [-0.1, -0.05) is 11.6 Å². The normalized spacial score (nSPS) is 11.9. The average molecular weight is 225 g/mol. The fourth-order valence-electron chi connectivity index (χ4n) is 1.22.